The Balaban J connectivity index is 1.78. The third kappa shape index (κ3) is 2.45. The van der Waals surface area contributed by atoms with Gasteiger partial charge in [0.25, 0.3) is 5.91 Å². The summed E-state index contributed by atoms with van der Waals surface area (Å²) in [6.45, 7) is 1.93. The van der Waals surface area contributed by atoms with Crippen LogP contribution in [-0.4, -0.2) is 36.0 Å². The molecule has 3 rings (SSSR count). The Bertz CT molecular complexity index is 519. The molecular weight excluding hydrogens is 272 g/mol. The van der Waals surface area contributed by atoms with E-state index in [4.69, 9.17) is 11.6 Å². The Morgan fingerprint density at radius 2 is 1.95 bits per heavy atom. The van der Waals surface area contributed by atoms with Gasteiger partial charge in [0.2, 0.25) is 0 Å². The molecule has 2 unspecified atom stereocenters. The third-order valence-electron chi connectivity index (χ3n) is 4.74. The number of benzene rings is 1. The molecule has 0 spiro atoms. The molecule has 2 bridgehead atoms. The van der Waals surface area contributed by atoms with E-state index in [-0.39, 0.29) is 5.91 Å². The first kappa shape index (κ1) is 13.9. The summed E-state index contributed by atoms with van der Waals surface area (Å²) in [5.74, 6) is 0.0463. The summed E-state index contributed by atoms with van der Waals surface area (Å²) in [6.07, 6.45) is 4.60. The fourth-order valence-corrected chi connectivity index (χ4v) is 3.72. The number of aryl methyl sites for hydroxylation is 1. The molecule has 0 aliphatic carbocycles. The molecule has 1 amide bonds. The van der Waals surface area contributed by atoms with Crippen LogP contribution in [0.1, 0.15) is 41.6 Å². The molecule has 0 aromatic heterocycles. The van der Waals surface area contributed by atoms with Gasteiger partial charge < -0.3 is 10.2 Å². The second-order valence-corrected chi connectivity index (χ2v) is 6.49. The van der Waals surface area contributed by atoms with Gasteiger partial charge in [-0.15, -0.1) is 0 Å². The first-order valence-electron chi connectivity index (χ1n) is 7.34. The molecule has 2 aliphatic heterocycles. The van der Waals surface area contributed by atoms with E-state index < -0.39 is 0 Å². The molecule has 1 N–H and O–H groups in total. The molecule has 2 fully saturated rings. The lowest BCUT2D eigenvalue weighted by atomic mass is 9.97. The lowest BCUT2D eigenvalue weighted by Gasteiger charge is -2.35. The van der Waals surface area contributed by atoms with Crippen LogP contribution >= 0.6 is 11.6 Å². The van der Waals surface area contributed by atoms with E-state index >= 15 is 0 Å². The smallest absolute Gasteiger partial charge is 0.255 e. The summed E-state index contributed by atoms with van der Waals surface area (Å²) in [5.41, 5.74) is 1.58. The largest absolute Gasteiger partial charge is 0.339 e. The molecule has 2 heterocycles. The molecule has 2 atom stereocenters. The standard InChI is InChI=1S/C16H21ClN2O/c1-10-4-3-5-14(15(10)17)16(20)19(2)13-8-11-6-7-12(9-13)18-11/h3-5,11-13,18H,6-9H2,1-2H3. The van der Waals surface area contributed by atoms with Gasteiger partial charge in [-0.3, -0.25) is 4.79 Å². The summed E-state index contributed by atoms with van der Waals surface area (Å²) in [5, 5.41) is 4.19. The molecule has 2 aliphatic rings. The maximum atomic E-state index is 12.7. The number of fused-ring (bicyclic) bond motifs is 2. The van der Waals surface area contributed by atoms with Crippen molar-refractivity contribution in [2.24, 2.45) is 0 Å². The van der Waals surface area contributed by atoms with E-state index in [1.54, 1.807) is 0 Å². The zero-order valence-corrected chi connectivity index (χ0v) is 12.8. The summed E-state index contributed by atoms with van der Waals surface area (Å²) in [4.78, 5) is 14.6. The Labute approximate surface area is 125 Å². The maximum Gasteiger partial charge on any atom is 0.255 e. The van der Waals surface area contributed by atoms with Crippen molar-refractivity contribution < 1.29 is 4.79 Å². The predicted molar refractivity (Wildman–Crippen MR) is 81.3 cm³/mol. The van der Waals surface area contributed by atoms with E-state index in [0.717, 1.165) is 18.4 Å². The number of hydrogen-bond donors (Lipinski definition) is 1. The molecule has 108 valence electrons. The van der Waals surface area contributed by atoms with Crippen molar-refractivity contribution in [1.82, 2.24) is 10.2 Å². The van der Waals surface area contributed by atoms with Gasteiger partial charge in [-0.2, -0.15) is 0 Å². The molecule has 1 aromatic carbocycles. The summed E-state index contributed by atoms with van der Waals surface area (Å²) in [7, 11) is 1.91. The lowest BCUT2D eigenvalue weighted by Crippen LogP contribution is -2.48. The van der Waals surface area contributed by atoms with Gasteiger partial charge in [-0.25, -0.2) is 0 Å². The van der Waals surface area contributed by atoms with Crippen molar-refractivity contribution in [3.63, 3.8) is 0 Å². The minimum Gasteiger partial charge on any atom is -0.339 e. The van der Waals surface area contributed by atoms with Crippen LogP contribution in [0, 0.1) is 6.92 Å². The Kier molecular flexibility index (Phi) is 3.74. The number of halogens is 1. The Morgan fingerprint density at radius 3 is 2.60 bits per heavy atom. The zero-order valence-electron chi connectivity index (χ0n) is 12.0. The fourth-order valence-electron chi connectivity index (χ4n) is 3.51. The number of carbonyl (C=O) groups excluding carboxylic acids is 1. The minimum absolute atomic E-state index is 0.0463. The summed E-state index contributed by atoms with van der Waals surface area (Å²) < 4.78 is 0. The normalized spacial score (nSPS) is 28.4. The number of piperidine rings is 1. The predicted octanol–water partition coefficient (Wildman–Crippen LogP) is 3.00. The SMILES string of the molecule is Cc1cccc(C(=O)N(C)C2CC3CCC(C2)N3)c1Cl. The molecular formula is C16H21ClN2O. The summed E-state index contributed by atoms with van der Waals surface area (Å²) in [6, 6.07) is 7.16. The number of rotatable bonds is 2. The van der Waals surface area contributed by atoms with Crippen LogP contribution in [0.4, 0.5) is 0 Å². The highest BCUT2D eigenvalue weighted by atomic mass is 35.5. The molecule has 0 radical (unpaired) electrons. The van der Waals surface area contributed by atoms with Gasteiger partial charge in [0.05, 0.1) is 10.6 Å². The number of hydrogen-bond acceptors (Lipinski definition) is 2. The van der Waals surface area contributed by atoms with Crippen LogP contribution in [0.15, 0.2) is 18.2 Å². The molecule has 1 aromatic rings. The van der Waals surface area contributed by atoms with Gasteiger partial charge in [0.1, 0.15) is 0 Å². The van der Waals surface area contributed by atoms with Gasteiger partial charge in [0, 0.05) is 25.2 Å². The average Bonchev–Trinajstić information content (AvgIpc) is 2.79. The highest BCUT2D eigenvalue weighted by Crippen LogP contribution is 2.30. The molecule has 0 saturated carbocycles. The van der Waals surface area contributed by atoms with Gasteiger partial charge in [0.15, 0.2) is 0 Å². The number of amides is 1. The quantitative estimate of drug-likeness (QED) is 0.909. The first-order chi connectivity index (χ1) is 9.56. The third-order valence-corrected chi connectivity index (χ3v) is 5.24. The molecule has 3 nitrogen and oxygen atoms in total. The van der Waals surface area contributed by atoms with Gasteiger partial charge in [-0.1, -0.05) is 23.7 Å². The van der Waals surface area contributed by atoms with Crippen LogP contribution in [0.2, 0.25) is 5.02 Å². The van der Waals surface area contributed by atoms with Crippen molar-refractivity contribution in [2.75, 3.05) is 7.05 Å². The zero-order chi connectivity index (χ0) is 14.3. The van der Waals surface area contributed by atoms with Gasteiger partial charge in [-0.05, 0) is 44.2 Å². The molecule has 4 heteroatoms. The summed E-state index contributed by atoms with van der Waals surface area (Å²) >= 11 is 6.28. The van der Waals surface area contributed by atoms with Crippen molar-refractivity contribution in [1.29, 1.82) is 0 Å². The first-order valence-corrected chi connectivity index (χ1v) is 7.72. The van der Waals surface area contributed by atoms with E-state index in [0.29, 0.717) is 28.7 Å². The molecule has 20 heavy (non-hydrogen) atoms. The molecule has 2 saturated heterocycles. The van der Waals surface area contributed by atoms with Crippen molar-refractivity contribution >= 4 is 17.5 Å². The lowest BCUT2D eigenvalue weighted by molar-refractivity contribution is 0.0682. The van der Waals surface area contributed by atoms with Crippen LogP contribution in [-0.2, 0) is 0 Å². The number of nitrogens with one attached hydrogen (secondary N) is 1. The van der Waals surface area contributed by atoms with Crippen LogP contribution in [0.5, 0.6) is 0 Å². The van der Waals surface area contributed by atoms with E-state index in [1.807, 2.05) is 37.1 Å². The minimum atomic E-state index is 0.0463. The van der Waals surface area contributed by atoms with Crippen LogP contribution in [0.25, 0.3) is 0 Å². The van der Waals surface area contributed by atoms with Crippen molar-refractivity contribution in [3.05, 3.63) is 34.3 Å². The second-order valence-electron chi connectivity index (χ2n) is 6.12. The fraction of sp³-hybridized carbons (Fsp3) is 0.562. The number of nitrogens with zero attached hydrogens (tertiary/aromatic N) is 1. The van der Waals surface area contributed by atoms with E-state index in [1.165, 1.54) is 12.8 Å². The Hall–Kier alpha value is -1.06. The second kappa shape index (κ2) is 5.38. The monoisotopic (exact) mass is 292 g/mol. The van der Waals surface area contributed by atoms with E-state index in [9.17, 15) is 4.79 Å². The topological polar surface area (TPSA) is 32.3 Å². The van der Waals surface area contributed by atoms with E-state index in [2.05, 4.69) is 5.32 Å². The van der Waals surface area contributed by atoms with Crippen molar-refractivity contribution in [3.8, 4) is 0 Å². The van der Waals surface area contributed by atoms with Crippen molar-refractivity contribution in [2.45, 2.75) is 50.7 Å². The van der Waals surface area contributed by atoms with Crippen LogP contribution in [0.3, 0.4) is 0 Å². The average molecular weight is 293 g/mol. The number of carbonyl (C=O) groups is 1. The van der Waals surface area contributed by atoms with Gasteiger partial charge >= 0.3 is 0 Å². The highest BCUT2D eigenvalue weighted by Gasteiger charge is 2.36. The highest BCUT2D eigenvalue weighted by molar-refractivity contribution is 6.34. The van der Waals surface area contributed by atoms with Crippen LogP contribution < -0.4 is 5.32 Å². The Morgan fingerprint density at radius 1 is 1.30 bits per heavy atom. The maximum absolute atomic E-state index is 12.7.